The normalized spacial score (nSPS) is 9.95. The lowest BCUT2D eigenvalue weighted by molar-refractivity contribution is -0.113. The first-order chi connectivity index (χ1) is 10.2. The molecule has 0 bridgehead atoms. The van der Waals surface area contributed by atoms with Crippen molar-refractivity contribution in [2.24, 2.45) is 0 Å². The van der Waals surface area contributed by atoms with Crippen molar-refractivity contribution in [1.29, 1.82) is 0 Å². The maximum absolute atomic E-state index is 11.8. The van der Waals surface area contributed by atoms with E-state index in [4.69, 9.17) is 0 Å². The zero-order valence-corrected chi connectivity index (χ0v) is 12.1. The van der Waals surface area contributed by atoms with Crippen LogP contribution in [0.15, 0.2) is 47.9 Å². The van der Waals surface area contributed by atoms with E-state index >= 15 is 0 Å². The van der Waals surface area contributed by atoms with Crippen LogP contribution in [0.5, 0.6) is 0 Å². The van der Waals surface area contributed by atoms with Crippen LogP contribution in [0.2, 0.25) is 0 Å². The molecule has 1 N–H and O–H groups in total. The number of hydrogen-bond acceptors (Lipinski definition) is 6. The summed E-state index contributed by atoms with van der Waals surface area (Å²) in [6.45, 7) is 0. The molecule has 21 heavy (non-hydrogen) atoms. The minimum Gasteiger partial charge on any atom is -0.465 e. The lowest BCUT2D eigenvalue weighted by atomic mass is 10.2. The number of benzene rings is 1. The van der Waals surface area contributed by atoms with Crippen molar-refractivity contribution < 1.29 is 14.3 Å². The highest BCUT2D eigenvalue weighted by molar-refractivity contribution is 7.99. The Kier molecular flexibility index (Phi) is 5.28. The standard InChI is InChI=1S/C14H13N3O3S/c1-20-13(19)10-4-2-5-11(8-10)17-12(18)9-21-14-15-6-3-7-16-14/h2-8H,9H2,1H3,(H,17,18). The fraction of sp³-hybridized carbons (Fsp3) is 0.143. The van der Waals surface area contributed by atoms with E-state index in [0.717, 1.165) is 0 Å². The minimum atomic E-state index is -0.446. The molecule has 108 valence electrons. The molecule has 2 rings (SSSR count). The van der Waals surface area contributed by atoms with Gasteiger partial charge in [-0.1, -0.05) is 17.8 Å². The third-order valence-corrected chi connectivity index (χ3v) is 3.32. The van der Waals surface area contributed by atoms with Crippen LogP contribution in [0, 0.1) is 0 Å². The fourth-order valence-electron chi connectivity index (χ4n) is 1.53. The van der Waals surface area contributed by atoms with Gasteiger partial charge in [0.1, 0.15) is 0 Å². The molecule has 2 aromatic rings. The van der Waals surface area contributed by atoms with Crippen LogP contribution >= 0.6 is 11.8 Å². The van der Waals surface area contributed by atoms with E-state index < -0.39 is 5.97 Å². The number of amides is 1. The smallest absolute Gasteiger partial charge is 0.337 e. The number of methoxy groups -OCH3 is 1. The lowest BCUT2D eigenvalue weighted by Crippen LogP contribution is -2.14. The van der Waals surface area contributed by atoms with Crippen molar-refractivity contribution in [3.05, 3.63) is 48.3 Å². The molecule has 1 heterocycles. The van der Waals surface area contributed by atoms with Crippen LogP contribution in [0.25, 0.3) is 0 Å². The summed E-state index contributed by atoms with van der Waals surface area (Å²) < 4.78 is 4.63. The van der Waals surface area contributed by atoms with Crippen molar-refractivity contribution in [2.45, 2.75) is 5.16 Å². The van der Waals surface area contributed by atoms with Gasteiger partial charge >= 0.3 is 5.97 Å². The van der Waals surface area contributed by atoms with Crippen molar-refractivity contribution in [3.63, 3.8) is 0 Å². The van der Waals surface area contributed by atoms with Gasteiger partial charge in [0.15, 0.2) is 5.16 Å². The summed E-state index contributed by atoms with van der Waals surface area (Å²) in [7, 11) is 1.31. The molecule has 0 saturated heterocycles. The Bertz CT molecular complexity index is 634. The number of ether oxygens (including phenoxy) is 1. The second kappa shape index (κ2) is 7.39. The molecule has 0 fully saturated rings. The summed E-state index contributed by atoms with van der Waals surface area (Å²) in [5, 5.41) is 3.25. The van der Waals surface area contributed by atoms with Crippen molar-refractivity contribution in [1.82, 2.24) is 9.97 Å². The predicted molar refractivity (Wildman–Crippen MR) is 79.2 cm³/mol. The highest BCUT2D eigenvalue weighted by Gasteiger charge is 2.08. The summed E-state index contributed by atoms with van der Waals surface area (Å²) in [5.41, 5.74) is 0.923. The molecule has 0 aliphatic heterocycles. The fourth-order valence-corrected chi connectivity index (χ4v) is 2.13. The second-order valence-electron chi connectivity index (χ2n) is 3.94. The van der Waals surface area contributed by atoms with Gasteiger partial charge in [-0.25, -0.2) is 14.8 Å². The average molecular weight is 303 g/mol. The molecule has 0 aliphatic rings. The van der Waals surface area contributed by atoms with Crippen LogP contribution < -0.4 is 5.32 Å². The Morgan fingerprint density at radius 3 is 2.71 bits per heavy atom. The van der Waals surface area contributed by atoms with Crippen LogP contribution in [-0.4, -0.2) is 34.7 Å². The van der Waals surface area contributed by atoms with Crippen LogP contribution in [-0.2, 0) is 9.53 Å². The number of nitrogens with zero attached hydrogens (tertiary/aromatic N) is 2. The Labute approximate surface area is 125 Å². The zero-order valence-electron chi connectivity index (χ0n) is 11.3. The number of nitrogens with one attached hydrogen (secondary N) is 1. The molecule has 0 unspecified atom stereocenters. The number of anilines is 1. The molecule has 0 radical (unpaired) electrons. The molecule has 0 aliphatic carbocycles. The van der Waals surface area contributed by atoms with Gasteiger partial charge in [-0.15, -0.1) is 0 Å². The number of rotatable bonds is 5. The van der Waals surface area contributed by atoms with E-state index in [2.05, 4.69) is 20.0 Å². The van der Waals surface area contributed by atoms with Gasteiger partial charge in [-0.05, 0) is 24.3 Å². The van der Waals surface area contributed by atoms with Gasteiger partial charge in [-0.2, -0.15) is 0 Å². The monoisotopic (exact) mass is 303 g/mol. The van der Waals surface area contributed by atoms with Crippen LogP contribution in [0.4, 0.5) is 5.69 Å². The SMILES string of the molecule is COC(=O)c1cccc(NC(=O)CSc2ncccn2)c1. The number of esters is 1. The summed E-state index contributed by atoms with van der Waals surface area (Å²) in [5.74, 6) is -0.459. The van der Waals surface area contributed by atoms with E-state index in [-0.39, 0.29) is 11.7 Å². The van der Waals surface area contributed by atoms with E-state index in [1.165, 1.54) is 18.9 Å². The quantitative estimate of drug-likeness (QED) is 0.517. The number of hydrogen-bond donors (Lipinski definition) is 1. The summed E-state index contributed by atoms with van der Waals surface area (Å²) in [4.78, 5) is 31.3. The Morgan fingerprint density at radius 1 is 1.24 bits per heavy atom. The second-order valence-corrected chi connectivity index (χ2v) is 4.88. The first-order valence-corrected chi connectivity index (χ1v) is 7.05. The van der Waals surface area contributed by atoms with Crippen molar-refractivity contribution >= 4 is 29.3 Å². The maximum atomic E-state index is 11.8. The molecule has 1 amide bonds. The van der Waals surface area contributed by atoms with E-state index in [0.29, 0.717) is 16.4 Å². The van der Waals surface area contributed by atoms with Gasteiger partial charge in [0.25, 0.3) is 0 Å². The molecule has 0 saturated carbocycles. The van der Waals surface area contributed by atoms with Crippen molar-refractivity contribution in [3.8, 4) is 0 Å². The third kappa shape index (κ3) is 4.57. The number of carbonyl (C=O) groups excluding carboxylic acids is 2. The Morgan fingerprint density at radius 2 is 2.00 bits per heavy atom. The molecule has 1 aromatic heterocycles. The number of thioether (sulfide) groups is 1. The summed E-state index contributed by atoms with van der Waals surface area (Å²) >= 11 is 1.24. The first-order valence-electron chi connectivity index (χ1n) is 6.07. The van der Waals surface area contributed by atoms with Gasteiger partial charge in [0, 0.05) is 18.1 Å². The molecule has 6 nitrogen and oxygen atoms in total. The molecular weight excluding hydrogens is 290 g/mol. The Balaban J connectivity index is 1.92. The van der Waals surface area contributed by atoms with Gasteiger partial charge in [0.05, 0.1) is 18.4 Å². The average Bonchev–Trinajstić information content (AvgIpc) is 2.53. The van der Waals surface area contributed by atoms with Crippen LogP contribution in [0.1, 0.15) is 10.4 Å². The number of aromatic nitrogens is 2. The summed E-state index contributed by atoms with van der Waals surface area (Å²) in [6, 6.07) is 8.27. The topological polar surface area (TPSA) is 81.2 Å². The predicted octanol–water partition coefficient (Wildman–Crippen LogP) is 1.99. The highest BCUT2D eigenvalue weighted by Crippen LogP contribution is 2.14. The lowest BCUT2D eigenvalue weighted by Gasteiger charge is -2.06. The molecule has 0 spiro atoms. The summed E-state index contributed by atoms with van der Waals surface area (Å²) in [6.07, 6.45) is 3.24. The van der Waals surface area contributed by atoms with Crippen molar-refractivity contribution in [2.75, 3.05) is 18.2 Å². The largest absolute Gasteiger partial charge is 0.465 e. The molecule has 7 heteroatoms. The minimum absolute atomic E-state index is 0.187. The van der Waals surface area contributed by atoms with Gasteiger partial charge in [-0.3, -0.25) is 4.79 Å². The molecule has 0 atom stereocenters. The van der Waals surface area contributed by atoms with E-state index in [1.807, 2.05) is 0 Å². The zero-order chi connectivity index (χ0) is 15.1. The molecular formula is C14H13N3O3S. The van der Waals surface area contributed by atoms with Crippen LogP contribution in [0.3, 0.4) is 0 Å². The first kappa shape index (κ1) is 15.0. The third-order valence-electron chi connectivity index (χ3n) is 2.44. The molecule has 1 aromatic carbocycles. The van der Waals surface area contributed by atoms with Gasteiger partial charge in [0.2, 0.25) is 5.91 Å². The number of carbonyl (C=O) groups is 2. The maximum Gasteiger partial charge on any atom is 0.337 e. The van der Waals surface area contributed by atoms with Gasteiger partial charge < -0.3 is 10.1 Å². The highest BCUT2D eigenvalue weighted by atomic mass is 32.2. The van der Waals surface area contributed by atoms with E-state index in [9.17, 15) is 9.59 Å². The van der Waals surface area contributed by atoms with E-state index in [1.54, 1.807) is 42.7 Å². The Hall–Kier alpha value is -2.41.